The molecule has 1 aliphatic heterocycles. The van der Waals surface area contributed by atoms with Crippen molar-refractivity contribution < 1.29 is 22.8 Å². The van der Waals surface area contributed by atoms with Crippen LogP contribution < -0.4 is 21.9 Å². The first-order valence-electron chi connectivity index (χ1n) is 11.6. The summed E-state index contributed by atoms with van der Waals surface area (Å²) < 4.78 is 27.1. The van der Waals surface area contributed by atoms with Crippen molar-refractivity contribution in [1.82, 2.24) is 9.62 Å². The van der Waals surface area contributed by atoms with Crippen LogP contribution in [0.4, 0.5) is 0 Å². The first-order chi connectivity index (χ1) is 16.4. The molecule has 1 aromatic rings. The third-order valence-corrected chi connectivity index (χ3v) is 7.42. The van der Waals surface area contributed by atoms with Gasteiger partial charge < -0.3 is 22.1 Å². The number of benzene rings is 1. The average Bonchev–Trinajstić information content (AvgIpc) is 3.30. The molecular formula is C23H36N6O5S. The number of rotatable bonds is 13. The van der Waals surface area contributed by atoms with Crippen LogP contribution in [0, 0.1) is 0 Å². The molecule has 194 valence electrons. The normalized spacial score (nSPS) is 18.5. The Labute approximate surface area is 206 Å². The van der Waals surface area contributed by atoms with Crippen molar-refractivity contribution in [2.24, 2.45) is 22.2 Å². The second-order valence-corrected chi connectivity index (χ2v) is 11.0. The lowest BCUT2D eigenvalue weighted by atomic mass is 9.87. The lowest BCUT2D eigenvalue weighted by molar-refractivity contribution is -0.145. The fourth-order valence-corrected chi connectivity index (χ4v) is 4.82. The number of carbonyl (C=O) groups excluding carboxylic acids is 3. The molecule has 2 rings (SSSR count). The average molecular weight is 509 g/mol. The van der Waals surface area contributed by atoms with E-state index in [0.29, 0.717) is 19.3 Å². The minimum absolute atomic E-state index is 0.0741. The minimum Gasteiger partial charge on any atom is -0.370 e. The number of hydrogen-bond acceptors (Lipinski definition) is 7. The Morgan fingerprint density at radius 1 is 1.23 bits per heavy atom. The predicted octanol–water partition coefficient (Wildman–Crippen LogP) is -0.563. The van der Waals surface area contributed by atoms with E-state index in [0.717, 1.165) is 5.56 Å². The van der Waals surface area contributed by atoms with Gasteiger partial charge in [0.05, 0.1) is 17.3 Å². The minimum atomic E-state index is -3.71. The van der Waals surface area contributed by atoms with Gasteiger partial charge in [0.1, 0.15) is 6.04 Å². The number of ketones is 2. The van der Waals surface area contributed by atoms with Gasteiger partial charge in [0.2, 0.25) is 27.5 Å². The zero-order chi connectivity index (χ0) is 26.2. The fraction of sp³-hybridized carbons (Fsp3) is 0.565. The summed E-state index contributed by atoms with van der Waals surface area (Å²) in [6.45, 7) is 3.46. The topological polar surface area (TPSA) is 191 Å². The second kappa shape index (κ2) is 12.2. The highest BCUT2D eigenvalue weighted by atomic mass is 32.2. The maximum atomic E-state index is 13.5. The molecule has 0 bridgehead atoms. The van der Waals surface area contributed by atoms with Gasteiger partial charge in [-0.05, 0) is 51.5 Å². The van der Waals surface area contributed by atoms with E-state index in [-0.39, 0.29) is 37.6 Å². The molecular weight excluding hydrogens is 472 g/mol. The number of guanidine groups is 1. The molecule has 0 saturated carbocycles. The smallest absolute Gasteiger partial charge is 0.241 e. The van der Waals surface area contributed by atoms with Crippen molar-refractivity contribution in [3.05, 3.63) is 35.9 Å². The molecule has 0 spiro atoms. The maximum Gasteiger partial charge on any atom is 0.241 e. The predicted molar refractivity (Wildman–Crippen MR) is 134 cm³/mol. The van der Waals surface area contributed by atoms with Gasteiger partial charge in [0.25, 0.3) is 0 Å². The number of Topliss-reactive ketones (excluding diaryl/α,β-unsaturated/α-hetero) is 2. The molecule has 11 nitrogen and oxygen atoms in total. The van der Waals surface area contributed by atoms with Crippen LogP contribution in [-0.4, -0.2) is 73.2 Å². The van der Waals surface area contributed by atoms with Crippen LogP contribution in [0.15, 0.2) is 35.3 Å². The molecule has 0 radical (unpaired) electrons. The standard InChI is InChI=1S/C23H36N6O5S/c1-3-35(33,34)28-17(15-16-9-5-4-6-10-16)21(32)29-14-7-11-18(29)19(30)20(31)23(2,26)12-8-13-27-22(24)25/h4-6,9-10,17-18,28H,3,7-8,11-15,26H2,1-2H3,(H4,24,25,27)/t17-,18+,23+/m1/s1. The van der Waals surface area contributed by atoms with Crippen LogP contribution in [0.25, 0.3) is 0 Å². The third kappa shape index (κ3) is 8.11. The number of nitrogens with zero attached hydrogens (tertiary/aromatic N) is 2. The Kier molecular flexibility index (Phi) is 9.92. The summed E-state index contributed by atoms with van der Waals surface area (Å²) in [6.07, 6.45) is 1.51. The number of sulfonamides is 1. The highest BCUT2D eigenvalue weighted by Crippen LogP contribution is 2.23. The molecule has 1 amide bonds. The number of aliphatic imine (C=N–C) groups is 1. The Morgan fingerprint density at radius 3 is 2.49 bits per heavy atom. The van der Waals surface area contributed by atoms with Crippen LogP contribution in [0.3, 0.4) is 0 Å². The molecule has 3 atom stereocenters. The Balaban J connectivity index is 2.19. The van der Waals surface area contributed by atoms with Gasteiger partial charge in [-0.1, -0.05) is 30.3 Å². The molecule has 1 aliphatic rings. The van der Waals surface area contributed by atoms with E-state index in [2.05, 4.69) is 9.71 Å². The van der Waals surface area contributed by atoms with Crippen molar-refractivity contribution in [2.45, 2.75) is 63.6 Å². The summed E-state index contributed by atoms with van der Waals surface area (Å²) in [4.78, 5) is 44.7. The summed E-state index contributed by atoms with van der Waals surface area (Å²) >= 11 is 0. The van der Waals surface area contributed by atoms with Gasteiger partial charge in [-0.3, -0.25) is 19.4 Å². The highest BCUT2D eigenvalue weighted by molar-refractivity contribution is 7.89. The summed E-state index contributed by atoms with van der Waals surface area (Å²) in [7, 11) is -3.71. The monoisotopic (exact) mass is 508 g/mol. The molecule has 0 unspecified atom stereocenters. The molecule has 35 heavy (non-hydrogen) atoms. The molecule has 1 aromatic carbocycles. The van der Waals surface area contributed by atoms with E-state index >= 15 is 0 Å². The van der Waals surface area contributed by atoms with Crippen molar-refractivity contribution >= 4 is 33.5 Å². The zero-order valence-electron chi connectivity index (χ0n) is 20.3. The molecule has 1 saturated heterocycles. The third-order valence-electron chi connectivity index (χ3n) is 6.01. The van der Waals surface area contributed by atoms with Gasteiger partial charge in [-0.2, -0.15) is 0 Å². The number of amides is 1. The lowest BCUT2D eigenvalue weighted by Gasteiger charge is -2.30. The van der Waals surface area contributed by atoms with Gasteiger partial charge in [-0.15, -0.1) is 0 Å². The van der Waals surface area contributed by atoms with Crippen LogP contribution in [0.1, 0.15) is 45.1 Å². The van der Waals surface area contributed by atoms with E-state index in [1.165, 1.54) is 18.7 Å². The Morgan fingerprint density at radius 2 is 1.89 bits per heavy atom. The van der Waals surface area contributed by atoms with E-state index in [4.69, 9.17) is 17.2 Å². The number of carbonyl (C=O) groups is 3. The Bertz CT molecular complexity index is 1040. The van der Waals surface area contributed by atoms with Gasteiger partial charge >= 0.3 is 0 Å². The van der Waals surface area contributed by atoms with Crippen LogP contribution >= 0.6 is 0 Å². The quantitative estimate of drug-likeness (QED) is 0.118. The number of nitrogens with one attached hydrogen (secondary N) is 1. The van der Waals surface area contributed by atoms with E-state index in [1.54, 1.807) is 24.3 Å². The van der Waals surface area contributed by atoms with E-state index < -0.39 is 45.1 Å². The van der Waals surface area contributed by atoms with Crippen molar-refractivity contribution in [1.29, 1.82) is 0 Å². The first kappa shape index (κ1) is 28.4. The molecule has 0 aliphatic carbocycles. The zero-order valence-corrected chi connectivity index (χ0v) is 21.1. The van der Waals surface area contributed by atoms with Crippen molar-refractivity contribution in [2.75, 3.05) is 18.8 Å². The number of hydrogen-bond donors (Lipinski definition) is 4. The molecule has 12 heteroatoms. The summed E-state index contributed by atoms with van der Waals surface area (Å²) in [5, 5.41) is 0. The van der Waals surface area contributed by atoms with E-state index in [9.17, 15) is 22.8 Å². The highest BCUT2D eigenvalue weighted by Gasteiger charge is 2.44. The molecule has 1 fully saturated rings. The summed E-state index contributed by atoms with van der Waals surface area (Å²) in [5.74, 6) is -2.34. The molecule has 7 N–H and O–H groups in total. The second-order valence-electron chi connectivity index (χ2n) is 8.97. The summed E-state index contributed by atoms with van der Waals surface area (Å²) in [5.41, 5.74) is 16.1. The largest absolute Gasteiger partial charge is 0.370 e. The maximum absolute atomic E-state index is 13.5. The molecule has 1 heterocycles. The molecule has 0 aromatic heterocycles. The Hall–Kier alpha value is -2.83. The van der Waals surface area contributed by atoms with Crippen molar-refractivity contribution in [3.63, 3.8) is 0 Å². The van der Waals surface area contributed by atoms with Crippen LogP contribution in [0.5, 0.6) is 0 Å². The number of likely N-dealkylation sites (tertiary alicyclic amines) is 1. The van der Waals surface area contributed by atoms with Gasteiger partial charge in [0, 0.05) is 13.1 Å². The van der Waals surface area contributed by atoms with E-state index in [1.807, 2.05) is 6.07 Å². The van der Waals surface area contributed by atoms with Crippen molar-refractivity contribution in [3.8, 4) is 0 Å². The van der Waals surface area contributed by atoms with Crippen LogP contribution in [-0.2, 0) is 30.8 Å². The summed E-state index contributed by atoms with van der Waals surface area (Å²) in [6, 6.07) is 6.90. The first-order valence-corrected chi connectivity index (χ1v) is 13.3. The van der Waals surface area contributed by atoms with Gasteiger partial charge in [-0.25, -0.2) is 13.1 Å². The SMILES string of the molecule is CCS(=O)(=O)N[C@H](Cc1ccccc1)C(=O)N1CCC[C@H]1C(=O)C(=O)[C@@](C)(N)CCCN=C(N)N. The van der Waals surface area contributed by atoms with Gasteiger partial charge in [0.15, 0.2) is 5.96 Å². The fourth-order valence-electron chi connectivity index (χ4n) is 4.03. The lowest BCUT2D eigenvalue weighted by Crippen LogP contribution is -2.57. The van der Waals surface area contributed by atoms with Crippen LogP contribution in [0.2, 0.25) is 0 Å². The number of nitrogens with two attached hydrogens (primary N) is 3.